The Morgan fingerprint density at radius 1 is 1.12 bits per heavy atom. The highest BCUT2D eigenvalue weighted by Gasteiger charge is 2.40. The lowest BCUT2D eigenvalue weighted by Crippen LogP contribution is -2.40. The van der Waals surface area contributed by atoms with Crippen LogP contribution in [0.2, 0.25) is 0 Å². The number of nitrogens with zero attached hydrogens (tertiary/aromatic N) is 1. The molecule has 1 saturated heterocycles. The zero-order valence-electron chi connectivity index (χ0n) is 9.89. The van der Waals surface area contributed by atoms with Crippen LogP contribution in [0, 0.1) is 0 Å². The van der Waals surface area contributed by atoms with Crippen LogP contribution >= 0.6 is 12.4 Å². The third-order valence-corrected chi connectivity index (χ3v) is 4.37. The normalized spacial score (nSPS) is 20.8. The summed E-state index contributed by atoms with van der Waals surface area (Å²) in [7, 11) is 0. The van der Waals surface area contributed by atoms with E-state index in [1.54, 1.807) is 5.56 Å². The second-order valence-electron chi connectivity index (χ2n) is 5.08. The van der Waals surface area contributed by atoms with Crippen molar-refractivity contribution in [2.24, 2.45) is 0 Å². The van der Waals surface area contributed by atoms with Crippen molar-refractivity contribution in [2.75, 3.05) is 13.1 Å². The molecule has 2 aliphatic rings. The molecule has 0 bridgehead atoms. The Morgan fingerprint density at radius 3 is 2.53 bits per heavy atom. The van der Waals surface area contributed by atoms with Gasteiger partial charge in [0.1, 0.15) is 0 Å². The van der Waals surface area contributed by atoms with Gasteiger partial charge in [-0.25, -0.2) is 0 Å². The number of rotatable bonds is 1. The Morgan fingerprint density at radius 2 is 1.82 bits per heavy atom. The average Bonchev–Trinajstić information content (AvgIpc) is 2.71. The van der Waals surface area contributed by atoms with Crippen LogP contribution in [0.25, 0.3) is 0 Å². The molecule has 0 unspecified atom stereocenters. The largest absolute Gasteiger partial charge is 0.345 e. The average molecular weight is 252 g/mol. The van der Waals surface area contributed by atoms with Gasteiger partial charge in [-0.2, -0.15) is 0 Å². The number of fused-ring (bicyclic) bond motifs is 2. The molecule has 2 nitrogen and oxygen atoms in total. The van der Waals surface area contributed by atoms with E-state index in [9.17, 15) is 4.79 Å². The van der Waals surface area contributed by atoms with Crippen LogP contribution in [0.1, 0.15) is 30.4 Å². The standard InChI is InChI=1S/C14H17NO.ClH/c16-11-15-9-7-14(8-10-15)6-5-12-3-1-2-4-13(12)14;/h1-4,11H,5-10H2;1H. The Kier molecular flexibility index (Phi) is 3.43. The smallest absolute Gasteiger partial charge is 0.209 e. The van der Waals surface area contributed by atoms with Gasteiger partial charge in [0.05, 0.1) is 0 Å². The highest BCUT2D eigenvalue weighted by Crippen LogP contribution is 2.45. The van der Waals surface area contributed by atoms with Crippen LogP contribution < -0.4 is 0 Å². The molecule has 1 heterocycles. The van der Waals surface area contributed by atoms with Gasteiger partial charge in [-0.05, 0) is 42.2 Å². The maximum Gasteiger partial charge on any atom is 0.209 e. The van der Waals surface area contributed by atoms with E-state index in [0.29, 0.717) is 5.41 Å². The van der Waals surface area contributed by atoms with Gasteiger partial charge in [-0.1, -0.05) is 24.3 Å². The lowest BCUT2D eigenvalue weighted by Gasteiger charge is -2.38. The van der Waals surface area contributed by atoms with E-state index in [2.05, 4.69) is 24.3 Å². The van der Waals surface area contributed by atoms with Crippen molar-refractivity contribution in [3.05, 3.63) is 35.4 Å². The molecule has 1 amide bonds. The van der Waals surface area contributed by atoms with Gasteiger partial charge in [0.15, 0.2) is 0 Å². The monoisotopic (exact) mass is 251 g/mol. The molecule has 0 N–H and O–H groups in total. The topological polar surface area (TPSA) is 20.3 Å². The molecular formula is C14H18ClNO. The lowest BCUT2D eigenvalue weighted by molar-refractivity contribution is -0.119. The summed E-state index contributed by atoms with van der Waals surface area (Å²) < 4.78 is 0. The number of hydrogen-bond donors (Lipinski definition) is 0. The van der Waals surface area contributed by atoms with Gasteiger partial charge in [0, 0.05) is 13.1 Å². The third kappa shape index (κ3) is 1.95. The first-order valence-corrected chi connectivity index (χ1v) is 6.12. The molecule has 17 heavy (non-hydrogen) atoms. The maximum absolute atomic E-state index is 10.7. The summed E-state index contributed by atoms with van der Waals surface area (Å²) in [6.45, 7) is 1.86. The number of carbonyl (C=O) groups excluding carboxylic acids is 1. The van der Waals surface area contributed by atoms with Crippen LogP contribution in [-0.4, -0.2) is 24.4 Å². The summed E-state index contributed by atoms with van der Waals surface area (Å²) in [5.41, 5.74) is 3.47. The molecule has 1 aliphatic carbocycles. The highest BCUT2D eigenvalue weighted by atomic mass is 35.5. The second kappa shape index (κ2) is 4.69. The number of halogens is 1. The minimum Gasteiger partial charge on any atom is -0.345 e. The van der Waals surface area contributed by atoms with E-state index in [-0.39, 0.29) is 12.4 Å². The maximum atomic E-state index is 10.7. The van der Waals surface area contributed by atoms with E-state index in [1.807, 2.05) is 4.90 Å². The Bertz CT molecular complexity index is 410. The Hall–Kier alpha value is -1.02. The molecule has 1 aromatic rings. The zero-order valence-corrected chi connectivity index (χ0v) is 10.7. The molecule has 92 valence electrons. The highest BCUT2D eigenvalue weighted by molar-refractivity contribution is 5.85. The molecule has 1 aliphatic heterocycles. The first-order valence-electron chi connectivity index (χ1n) is 6.12. The lowest BCUT2D eigenvalue weighted by atomic mass is 9.74. The fourth-order valence-electron chi connectivity index (χ4n) is 3.34. The minimum atomic E-state index is 0. The minimum absolute atomic E-state index is 0. The van der Waals surface area contributed by atoms with Crippen LogP contribution in [0.5, 0.6) is 0 Å². The van der Waals surface area contributed by atoms with Crippen molar-refractivity contribution in [2.45, 2.75) is 31.1 Å². The summed E-state index contributed by atoms with van der Waals surface area (Å²) >= 11 is 0. The molecular weight excluding hydrogens is 234 g/mol. The van der Waals surface area contributed by atoms with Crippen LogP contribution in [0.3, 0.4) is 0 Å². The molecule has 1 fully saturated rings. The predicted octanol–water partition coefficient (Wildman–Crippen LogP) is 2.54. The van der Waals surface area contributed by atoms with Crippen molar-refractivity contribution in [3.63, 3.8) is 0 Å². The molecule has 3 heteroatoms. The number of piperidine rings is 1. The SMILES string of the molecule is Cl.O=CN1CCC2(CCc3ccccc32)CC1. The number of amides is 1. The van der Waals surface area contributed by atoms with Gasteiger partial charge in [-0.15, -0.1) is 12.4 Å². The number of aryl methyl sites for hydroxylation is 1. The number of likely N-dealkylation sites (tertiary alicyclic amines) is 1. The molecule has 1 aromatic carbocycles. The van der Waals surface area contributed by atoms with E-state index in [4.69, 9.17) is 0 Å². The van der Waals surface area contributed by atoms with Crippen molar-refractivity contribution >= 4 is 18.8 Å². The first kappa shape index (κ1) is 12.4. The number of benzene rings is 1. The summed E-state index contributed by atoms with van der Waals surface area (Å²) in [5.74, 6) is 0. The van der Waals surface area contributed by atoms with Crippen molar-refractivity contribution < 1.29 is 4.79 Å². The van der Waals surface area contributed by atoms with E-state index < -0.39 is 0 Å². The van der Waals surface area contributed by atoms with Crippen molar-refractivity contribution in [1.29, 1.82) is 0 Å². The van der Waals surface area contributed by atoms with Gasteiger partial charge < -0.3 is 4.90 Å². The fraction of sp³-hybridized carbons (Fsp3) is 0.500. The number of hydrogen-bond acceptors (Lipinski definition) is 1. The molecule has 1 spiro atoms. The van der Waals surface area contributed by atoms with E-state index >= 15 is 0 Å². The summed E-state index contributed by atoms with van der Waals surface area (Å²) in [6, 6.07) is 8.84. The zero-order chi connectivity index (χ0) is 11.0. The van der Waals surface area contributed by atoms with Gasteiger partial charge in [-0.3, -0.25) is 4.79 Å². The molecule has 3 rings (SSSR count). The van der Waals surface area contributed by atoms with Crippen LogP contribution in [-0.2, 0) is 16.6 Å². The first-order chi connectivity index (χ1) is 7.84. The molecule has 0 atom stereocenters. The second-order valence-corrected chi connectivity index (χ2v) is 5.08. The van der Waals surface area contributed by atoms with Crippen LogP contribution in [0.15, 0.2) is 24.3 Å². The summed E-state index contributed by atoms with van der Waals surface area (Å²) in [5, 5.41) is 0. The Balaban J connectivity index is 0.00000108. The fourth-order valence-corrected chi connectivity index (χ4v) is 3.34. The van der Waals surface area contributed by atoms with Crippen LogP contribution in [0.4, 0.5) is 0 Å². The Labute approximate surface area is 108 Å². The third-order valence-electron chi connectivity index (χ3n) is 4.37. The quantitative estimate of drug-likeness (QED) is 0.703. The van der Waals surface area contributed by atoms with Gasteiger partial charge in [0.25, 0.3) is 0 Å². The van der Waals surface area contributed by atoms with E-state index in [1.165, 1.54) is 18.4 Å². The summed E-state index contributed by atoms with van der Waals surface area (Å²) in [6.07, 6.45) is 5.77. The molecule has 0 saturated carbocycles. The van der Waals surface area contributed by atoms with E-state index in [0.717, 1.165) is 32.3 Å². The molecule has 0 radical (unpaired) electrons. The molecule has 0 aromatic heterocycles. The van der Waals surface area contributed by atoms with Gasteiger partial charge >= 0.3 is 0 Å². The van der Waals surface area contributed by atoms with Crippen molar-refractivity contribution in [1.82, 2.24) is 4.90 Å². The van der Waals surface area contributed by atoms with Crippen molar-refractivity contribution in [3.8, 4) is 0 Å². The summed E-state index contributed by atoms with van der Waals surface area (Å²) in [4.78, 5) is 12.6. The number of carbonyl (C=O) groups is 1. The van der Waals surface area contributed by atoms with Gasteiger partial charge in [0.2, 0.25) is 6.41 Å². The predicted molar refractivity (Wildman–Crippen MR) is 70.6 cm³/mol.